The average molecular weight is 321 g/mol. The number of rotatable bonds is 3. The van der Waals surface area contributed by atoms with Crippen LogP contribution >= 0.6 is 15.9 Å². The highest BCUT2D eigenvalue weighted by atomic mass is 79.9. The van der Waals surface area contributed by atoms with E-state index in [1.54, 1.807) is 13.8 Å². The van der Waals surface area contributed by atoms with Gasteiger partial charge in [0.1, 0.15) is 0 Å². The second-order valence-corrected chi connectivity index (χ2v) is 4.84. The van der Waals surface area contributed by atoms with Crippen molar-refractivity contribution in [3.05, 3.63) is 46.2 Å². The first-order valence-electron chi connectivity index (χ1n) is 5.88. The largest absolute Gasteiger partial charge is 0.462 e. The van der Waals surface area contributed by atoms with Gasteiger partial charge in [-0.1, -0.05) is 28.1 Å². The number of aromatic nitrogens is 2. The van der Waals surface area contributed by atoms with Gasteiger partial charge in [-0.2, -0.15) is 0 Å². The third-order valence-electron chi connectivity index (χ3n) is 2.56. The molecular weight excluding hydrogens is 308 g/mol. The lowest BCUT2D eigenvalue weighted by atomic mass is 10.2. The number of esters is 1. The summed E-state index contributed by atoms with van der Waals surface area (Å²) in [5, 5.41) is 0. The van der Waals surface area contributed by atoms with Crippen LogP contribution in [-0.4, -0.2) is 22.5 Å². The Hall–Kier alpha value is -1.75. The van der Waals surface area contributed by atoms with Crippen molar-refractivity contribution in [1.82, 2.24) is 9.97 Å². The van der Waals surface area contributed by atoms with Crippen LogP contribution in [0.3, 0.4) is 0 Å². The van der Waals surface area contributed by atoms with Crippen LogP contribution in [0.1, 0.15) is 23.0 Å². The zero-order valence-electron chi connectivity index (χ0n) is 10.7. The van der Waals surface area contributed by atoms with Crippen molar-refractivity contribution < 1.29 is 9.53 Å². The van der Waals surface area contributed by atoms with Gasteiger partial charge in [0.15, 0.2) is 5.82 Å². The summed E-state index contributed by atoms with van der Waals surface area (Å²) in [6, 6.07) is 7.70. The van der Waals surface area contributed by atoms with E-state index in [9.17, 15) is 4.79 Å². The smallest absolute Gasteiger partial charge is 0.341 e. The van der Waals surface area contributed by atoms with Crippen molar-refractivity contribution in [2.75, 3.05) is 6.61 Å². The third kappa shape index (κ3) is 3.17. The molecule has 2 aromatic rings. The molecule has 98 valence electrons. The standard InChI is InChI=1S/C14H13BrN2O2/c1-3-19-14(18)12-8-16-13(17-9(12)2)10-5-4-6-11(15)7-10/h4-8H,3H2,1-2H3. The lowest BCUT2D eigenvalue weighted by Gasteiger charge is -2.06. The average Bonchev–Trinajstić information content (AvgIpc) is 2.38. The molecule has 0 saturated heterocycles. The Kier molecular flexibility index (Phi) is 4.27. The van der Waals surface area contributed by atoms with Crippen LogP contribution in [0.15, 0.2) is 34.9 Å². The van der Waals surface area contributed by atoms with Gasteiger partial charge in [-0.3, -0.25) is 0 Å². The van der Waals surface area contributed by atoms with Crippen molar-refractivity contribution >= 4 is 21.9 Å². The van der Waals surface area contributed by atoms with Crippen molar-refractivity contribution in [1.29, 1.82) is 0 Å². The molecule has 0 unspecified atom stereocenters. The summed E-state index contributed by atoms with van der Waals surface area (Å²) in [6.07, 6.45) is 1.51. The van der Waals surface area contributed by atoms with Gasteiger partial charge >= 0.3 is 5.97 Å². The summed E-state index contributed by atoms with van der Waals surface area (Å²) < 4.78 is 5.91. The summed E-state index contributed by atoms with van der Waals surface area (Å²) in [5.41, 5.74) is 1.91. The zero-order valence-corrected chi connectivity index (χ0v) is 12.3. The number of ether oxygens (including phenoxy) is 1. The van der Waals surface area contributed by atoms with E-state index in [1.165, 1.54) is 6.20 Å². The molecule has 0 N–H and O–H groups in total. The van der Waals surface area contributed by atoms with Crippen LogP contribution in [0.25, 0.3) is 11.4 Å². The van der Waals surface area contributed by atoms with Crippen molar-refractivity contribution in [3.8, 4) is 11.4 Å². The molecule has 0 fully saturated rings. The molecule has 0 aliphatic carbocycles. The molecule has 4 nitrogen and oxygen atoms in total. The summed E-state index contributed by atoms with van der Waals surface area (Å²) in [5.74, 6) is 0.202. The van der Waals surface area contributed by atoms with Gasteiger partial charge in [-0.15, -0.1) is 0 Å². The number of hydrogen-bond donors (Lipinski definition) is 0. The van der Waals surface area contributed by atoms with Crippen molar-refractivity contribution in [2.24, 2.45) is 0 Å². The molecule has 0 radical (unpaired) electrons. The monoisotopic (exact) mass is 320 g/mol. The normalized spacial score (nSPS) is 10.3. The minimum absolute atomic E-state index is 0.339. The van der Waals surface area contributed by atoms with Gasteiger partial charge in [-0.05, 0) is 26.0 Å². The fraction of sp³-hybridized carbons (Fsp3) is 0.214. The highest BCUT2D eigenvalue weighted by molar-refractivity contribution is 9.10. The Bertz CT molecular complexity index is 614. The third-order valence-corrected chi connectivity index (χ3v) is 3.05. The SMILES string of the molecule is CCOC(=O)c1cnc(-c2cccc(Br)c2)nc1C. The Balaban J connectivity index is 2.36. The molecule has 0 saturated carbocycles. The van der Waals surface area contributed by atoms with E-state index < -0.39 is 0 Å². The molecule has 0 bridgehead atoms. The van der Waals surface area contributed by atoms with Crippen LogP contribution in [-0.2, 0) is 4.74 Å². The fourth-order valence-electron chi connectivity index (χ4n) is 1.64. The maximum absolute atomic E-state index is 11.7. The van der Waals surface area contributed by atoms with Crippen molar-refractivity contribution in [2.45, 2.75) is 13.8 Å². The molecule has 0 atom stereocenters. The van der Waals surface area contributed by atoms with Gasteiger partial charge in [0.2, 0.25) is 0 Å². The van der Waals surface area contributed by atoms with Crippen LogP contribution in [0.5, 0.6) is 0 Å². The number of carbonyl (C=O) groups is 1. The van der Waals surface area contributed by atoms with E-state index in [1.807, 2.05) is 24.3 Å². The second-order valence-electron chi connectivity index (χ2n) is 3.92. The number of carbonyl (C=O) groups excluding carboxylic acids is 1. The Labute approximate surface area is 120 Å². The first kappa shape index (κ1) is 13.7. The van der Waals surface area contributed by atoms with Crippen LogP contribution < -0.4 is 0 Å². The lowest BCUT2D eigenvalue weighted by Crippen LogP contribution is -2.09. The van der Waals surface area contributed by atoms with E-state index in [0.29, 0.717) is 23.7 Å². The lowest BCUT2D eigenvalue weighted by molar-refractivity contribution is 0.0524. The maximum atomic E-state index is 11.7. The number of halogens is 1. The molecule has 0 aliphatic rings. The second kappa shape index (κ2) is 5.93. The molecule has 2 rings (SSSR count). The van der Waals surface area contributed by atoms with Gasteiger partial charge in [0.25, 0.3) is 0 Å². The van der Waals surface area contributed by atoms with E-state index in [4.69, 9.17) is 4.74 Å². The number of nitrogens with zero attached hydrogens (tertiary/aromatic N) is 2. The van der Waals surface area contributed by atoms with E-state index in [0.717, 1.165) is 10.0 Å². The van der Waals surface area contributed by atoms with Crippen LogP contribution in [0.4, 0.5) is 0 Å². The minimum atomic E-state index is -0.388. The summed E-state index contributed by atoms with van der Waals surface area (Å²) in [4.78, 5) is 20.2. The van der Waals surface area contributed by atoms with Crippen molar-refractivity contribution in [3.63, 3.8) is 0 Å². The predicted molar refractivity (Wildman–Crippen MR) is 75.9 cm³/mol. The number of benzene rings is 1. The molecule has 19 heavy (non-hydrogen) atoms. The van der Waals surface area contributed by atoms with Gasteiger partial charge < -0.3 is 4.74 Å². The molecule has 0 amide bonds. The van der Waals surface area contributed by atoms with Gasteiger partial charge in [0, 0.05) is 16.2 Å². The number of hydrogen-bond acceptors (Lipinski definition) is 4. The van der Waals surface area contributed by atoms with E-state index >= 15 is 0 Å². The first-order chi connectivity index (χ1) is 9.11. The molecule has 0 spiro atoms. The molecule has 0 aliphatic heterocycles. The molecule has 5 heteroatoms. The highest BCUT2D eigenvalue weighted by Gasteiger charge is 2.13. The Morgan fingerprint density at radius 3 is 2.84 bits per heavy atom. The zero-order chi connectivity index (χ0) is 13.8. The topological polar surface area (TPSA) is 52.1 Å². The summed E-state index contributed by atoms with van der Waals surface area (Å²) in [7, 11) is 0. The Morgan fingerprint density at radius 2 is 2.21 bits per heavy atom. The molecular formula is C14H13BrN2O2. The Morgan fingerprint density at radius 1 is 1.42 bits per heavy atom. The summed E-state index contributed by atoms with van der Waals surface area (Å²) >= 11 is 3.41. The van der Waals surface area contributed by atoms with Gasteiger partial charge in [0.05, 0.1) is 17.9 Å². The molecule has 1 aromatic carbocycles. The first-order valence-corrected chi connectivity index (χ1v) is 6.68. The highest BCUT2D eigenvalue weighted by Crippen LogP contribution is 2.20. The molecule has 1 aromatic heterocycles. The van der Waals surface area contributed by atoms with Crippen LogP contribution in [0.2, 0.25) is 0 Å². The van der Waals surface area contributed by atoms with E-state index in [2.05, 4.69) is 25.9 Å². The minimum Gasteiger partial charge on any atom is -0.462 e. The van der Waals surface area contributed by atoms with Crippen LogP contribution in [0, 0.1) is 6.92 Å². The fourth-order valence-corrected chi connectivity index (χ4v) is 2.04. The predicted octanol–water partition coefficient (Wildman–Crippen LogP) is 3.39. The molecule has 1 heterocycles. The number of aryl methyl sites for hydroxylation is 1. The van der Waals surface area contributed by atoms with Gasteiger partial charge in [-0.25, -0.2) is 14.8 Å². The van der Waals surface area contributed by atoms with E-state index in [-0.39, 0.29) is 5.97 Å². The maximum Gasteiger partial charge on any atom is 0.341 e. The summed E-state index contributed by atoms with van der Waals surface area (Å²) in [6.45, 7) is 3.88. The quantitative estimate of drug-likeness (QED) is 0.813.